The fourth-order valence-electron chi connectivity index (χ4n) is 2.77. The molecule has 1 aliphatic rings. The number of allylic oxidation sites excluding steroid dienone is 1. The second-order valence-electron chi connectivity index (χ2n) is 5.53. The van der Waals surface area contributed by atoms with Gasteiger partial charge in [-0.3, -0.25) is 9.59 Å². The summed E-state index contributed by atoms with van der Waals surface area (Å²) in [6, 6.07) is 14.1. The summed E-state index contributed by atoms with van der Waals surface area (Å²) in [5, 5.41) is 3.93. The molecule has 4 nitrogen and oxygen atoms in total. The molecular formula is C18H14Cl2N2O2. The van der Waals surface area contributed by atoms with Gasteiger partial charge < -0.3 is 11.1 Å². The van der Waals surface area contributed by atoms with Crippen molar-refractivity contribution in [3.63, 3.8) is 0 Å². The van der Waals surface area contributed by atoms with Crippen LogP contribution in [0.15, 0.2) is 54.6 Å². The molecule has 2 amide bonds. The molecule has 6 heteroatoms. The van der Waals surface area contributed by atoms with Crippen LogP contribution in [0.1, 0.15) is 17.0 Å². The first-order valence-corrected chi connectivity index (χ1v) is 8.04. The number of rotatable bonds is 3. The minimum atomic E-state index is -0.970. The number of nitrogens with one attached hydrogen (secondary N) is 1. The van der Waals surface area contributed by atoms with Crippen LogP contribution < -0.4 is 11.1 Å². The Morgan fingerprint density at radius 2 is 1.50 bits per heavy atom. The Hall–Kier alpha value is -2.30. The molecule has 0 bridgehead atoms. The molecule has 2 atom stereocenters. The Morgan fingerprint density at radius 1 is 0.958 bits per heavy atom. The Morgan fingerprint density at radius 3 is 2.04 bits per heavy atom. The van der Waals surface area contributed by atoms with E-state index in [4.69, 9.17) is 28.9 Å². The molecule has 0 fully saturated rings. The maximum atomic E-state index is 12.4. The Labute approximate surface area is 149 Å². The van der Waals surface area contributed by atoms with Gasteiger partial charge in [0.25, 0.3) is 0 Å². The summed E-state index contributed by atoms with van der Waals surface area (Å²) in [4.78, 5) is 24.2. The van der Waals surface area contributed by atoms with Crippen LogP contribution in [-0.2, 0) is 9.59 Å². The second-order valence-corrected chi connectivity index (χ2v) is 6.41. The highest BCUT2D eigenvalue weighted by Crippen LogP contribution is 2.34. The largest absolute Gasteiger partial charge is 0.369 e. The van der Waals surface area contributed by atoms with Crippen molar-refractivity contribution >= 4 is 40.7 Å². The first-order chi connectivity index (χ1) is 11.5. The van der Waals surface area contributed by atoms with E-state index >= 15 is 0 Å². The molecule has 0 saturated carbocycles. The number of carbonyl (C=O) groups is 2. The summed E-state index contributed by atoms with van der Waals surface area (Å²) < 4.78 is 0. The van der Waals surface area contributed by atoms with Crippen molar-refractivity contribution in [3.05, 3.63) is 75.8 Å². The summed E-state index contributed by atoms with van der Waals surface area (Å²) in [5.74, 6) is -2.52. The summed E-state index contributed by atoms with van der Waals surface area (Å²) in [5.41, 5.74) is 7.66. The average Bonchev–Trinajstić information content (AvgIpc) is 2.55. The number of amides is 2. The highest BCUT2D eigenvalue weighted by molar-refractivity contribution is 6.30. The van der Waals surface area contributed by atoms with E-state index in [1.54, 1.807) is 48.5 Å². The molecule has 0 radical (unpaired) electrons. The Kier molecular flexibility index (Phi) is 4.60. The summed E-state index contributed by atoms with van der Waals surface area (Å²) in [7, 11) is 0. The molecule has 3 N–H and O–H groups in total. The minimum Gasteiger partial charge on any atom is -0.369 e. The molecule has 1 heterocycles. The lowest BCUT2D eigenvalue weighted by molar-refractivity contribution is -0.133. The first-order valence-electron chi connectivity index (χ1n) is 7.29. The molecule has 3 rings (SSSR count). The molecule has 122 valence electrons. The van der Waals surface area contributed by atoms with Gasteiger partial charge in [0.1, 0.15) is 5.92 Å². The van der Waals surface area contributed by atoms with Gasteiger partial charge in [-0.1, -0.05) is 53.5 Å². The lowest BCUT2D eigenvalue weighted by atomic mass is 9.81. The first kappa shape index (κ1) is 16.6. The smallest absolute Gasteiger partial charge is 0.237 e. The topological polar surface area (TPSA) is 72.2 Å². The van der Waals surface area contributed by atoms with E-state index in [1.807, 2.05) is 6.08 Å². The van der Waals surface area contributed by atoms with Crippen LogP contribution in [0.5, 0.6) is 0 Å². The van der Waals surface area contributed by atoms with Crippen LogP contribution in [0.2, 0.25) is 10.0 Å². The van der Waals surface area contributed by atoms with E-state index in [0.717, 1.165) is 11.1 Å². The van der Waals surface area contributed by atoms with Crippen molar-refractivity contribution < 1.29 is 9.59 Å². The molecule has 0 spiro atoms. The second kappa shape index (κ2) is 6.67. The van der Waals surface area contributed by atoms with Crippen LogP contribution in [0.25, 0.3) is 5.70 Å². The fraction of sp³-hybridized carbons (Fsp3) is 0.111. The zero-order valence-electron chi connectivity index (χ0n) is 12.5. The third-order valence-corrected chi connectivity index (χ3v) is 4.47. The molecule has 0 aromatic heterocycles. The highest BCUT2D eigenvalue weighted by Gasteiger charge is 2.37. The van der Waals surface area contributed by atoms with Crippen molar-refractivity contribution in [2.45, 2.75) is 5.92 Å². The third kappa shape index (κ3) is 3.30. The fourth-order valence-corrected chi connectivity index (χ4v) is 3.02. The van der Waals surface area contributed by atoms with Crippen LogP contribution in [0.4, 0.5) is 0 Å². The van der Waals surface area contributed by atoms with Gasteiger partial charge in [0.05, 0.1) is 0 Å². The predicted molar refractivity (Wildman–Crippen MR) is 94.4 cm³/mol. The normalized spacial score (nSPS) is 20.2. The number of carbonyl (C=O) groups excluding carboxylic acids is 2. The average molecular weight is 361 g/mol. The Bertz CT molecular complexity index is 814. The molecule has 0 saturated heterocycles. The maximum absolute atomic E-state index is 12.4. The van der Waals surface area contributed by atoms with Gasteiger partial charge in [-0.05, 0) is 35.4 Å². The van der Waals surface area contributed by atoms with E-state index < -0.39 is 23.7 Å². The van der Waals surface area contributed by atoms with Gasteiger partial charge in [-0.25, -0.2) is 0 Å². The molecule has 2 aromatic carbocycles. The standard InChI is InChI=1S/C18H14Cl2N2O2/c19-12-5-1-10(2-6-12)14-9-15(11-3-7-13(20)8-4-11)22-18(24)16(14)17(21)23/h1-9,14,16H,(H2,21,23)(H,22,24). The van der Waals surface area contributed by atoms with Gasteiger partial charge in [0.15, 0.2) is 0 Å². The number of halogens is 2. The molecule has 0 aliphatic carbocycles. The van der Waals surface area contributed by atoms with Crippen molar-refractivity contribution in [2.24, 2.45) is 11.7 Å². The zero-order chi connectivity index (χ0) is 17.3. The molecular weight excluding hydrogens is 347 g/mol. The number of hydrogen-bond acceptors (Lipinski definition) is 2. The summed E-state index contributed by atoms with van der Waals surface area (Å²) in [6.07, 6.45) is 1.84. The van der Waals surface area contributed by atoms with Crippen LogP contribution in [-0.4, -0.2) is 11.8 Å². The van der Waals surface area contributed by atoms with Crippen molar-refractivity contribution in [1.29, 1.82) is 0 Å². The SMILES string of the molecule is NC(=O)C1C(=O)NC(c2ccc(Cl)cc2)=CC1c1ccc(Cl)cc1. The van der Waals surface area contributed by atoms with Crippen LogP contribution >= 0.6 is 23.2 Å². The van der Waals surface area contributed by atoms with Crippen LogP contribution in [0.3, 0.4) is 0 Å². The van der Waals surface area contributed by atoms with E-state index in [0.29, 0.717) is 15.7 Å². The number of primary amides is 1. The van der Waals surface area contributed by atoms with E-state index in [9.17, 15) is 9.59 Å². The lowest BCUT2D eigenvalue weighted by Crippen LogP contribution is -2.44. The molecule has 2 aromatic rings. The molecule has 24 heavy (non-hydrogen) atoms. The quantitative estimate of drug-likeness (QED) is 0.823. The molecule has 1 aliphatic heterocycles. The zero-order valence-corrected chi connectivity index (χ0v) is 14.0. The van der Waals surface area contributed by atoms with Crippen LogP contribution in [0, 0.1) is 5.92 Å². The predicted octanol–water partition coefficient (Wildman–Crippen LogP) is 3.35. The van der Waals surface area contributed by atoms with E-state index in [2.05, 4.69) is 5.32 Å². The Balaban J connectivity index is 2.07. The van der Waals surface area contributed by atoms with E-state index in [-0.39, 0.29) is 0 Å². The summed E-state index contributed by atoms with van der Waals surface area (Å²) >= 11 is 11.8. The number of benzene rings is 2. The van der Waals surface area contributed by atoms with E-state index in [1.165, 1.54) is 0 Å². The third-order valence-electron chi connectivity index (χ3n) is 3.96. The summed E-state index contributed by atoms with van der Waals surface area (Å²) in [6.45, 7) is 0. The van der Waals surface area contributed by atoms with Gasteiger partial charge in [-0.2, -0.15) is 0 Å². The van der Waals surface area contributed by atoms with Crippen molar-refractivity contribution in [3.8, 4) is 0 Å². The maximum Gasteiger partial charge on any atom is 0.237 e. The van der Waals surface area contributed by atoms with Crippen molar-refractivity contribution in [2.75, 3.05) is 0 Å². The van der Waals surface area contributed by atoms with Gasteiger partial charge in [0, 0.05) is 21.7 Å². The van der Waals surface area contributed by atoms with Gasteiger partial charge in [-0.15, -0.1) is 0 Å². The number of nitrogens with two attached hydrogens (primary N) is 1. The monoisotopic (exact) mass is 360 g/mol. The number of hydrogen-bond donors (Lipinski definition) is 2. The highest BCUT2D eigenvalue weighted by atomic mass is 35.5. The molecule has 2 unspecified atom stereocenters. The van der Waals surface area contributed by atoms with Gasteiger partial charge >= 0.3 is 0 Å². The van der Waals surface area contributed by atoms with Crippen molar-refractivity contribution in [1.82, 2.24) is 5.32 Å². The van der Waals surface area contributed by atoms with Gasteiger partial charge in [0.2, 0.25) is 11.8 Å². The minimum absolute atomic E-state index is 0.421. The lowest BCUT2D eigenvalue weighted by Gasteiger charge is -2.28.